The summed E-state index contributed by atoms with van der Waals surface area (Å²) in [5.41, 5.74) is 7.72. The molecule has 3 amide bonds. The monoisotopic (exact) mass is 778 g/mol. The largest absolute Gasteiger partial charge is 0.493 e. The minimum atomic E-state index is -0.915. The molecule has 1 unspecified atom stereocenters. The van der Waals surface area contributed by atoms with Crippen molar-refractivity contribution in [3.63, 3.8) is 0 Å². The molecule has 58 heavy (non-hydrogen) atoms. The molecule has 0 spiro atoms. The van der Waals surface area contributed by atoms with Gasteiger partial charge >= 0.3 is 6.09 Å². The number of carbonyl (C=O) groups excluding carboxylic acids is 3. The maximum atomic E-state index is 13.8. The van der Waals surface area contributed by atoms with Crippen LogP contribution in [0, 0.1) is 0 Å². The Balaban J connectivity index is 1.03. The highest BCUT2D eigenvalue weighted by Gasteiger charge is 2.30. The van der Waals surface area contributed by atoms with Crippen LogP contribution in [0.25, 0.3) is 11.1 Å². The molecular formula is C46H46N6O6. The normalized spacial score (nSPS) is 12.7. The van der Waals surface area contributed by atoms with E-state index in [0.717, 1.165) is 38.9 Å². The minimum absolute atomic E-state index is 0.0411. The summed E-state index contributed by atoms with van der Waals surface area (Å²) in [4.78, 5) is 38.8. The molecule has 12 heteroatoms. The summed E-state index contributed by atoms with van der Waals surface area (Å²) in [5.74, 6) is 0.566. The molecule has 1 aromatic heterocycles. The van der Waals surface area contributed by atoms with Crippen molar-refractivity contribution in [2.24, 2.45) is 0 Å². The Hall–Kier alpha value is -6.95. The van der Waals surface area contributed by atoms with Gasteiger partial charge in [0.05, 0.1) is 26.5 Å². The van der Waals surface area contributed by atoms with Crippen LogP contribution in [0.4, 0.5) is 4.79 Å². The van der Waals surface area contributed by atoms with E-state index in [2.05, 4.69) is 50.5 Å². The van der Waals surface area contributed by atoms with E-state index < -0.39 is 12.1 Å². The van der Waals surface area contributed by atoms with Crippen molar-refractivity contribution in [2.75, 3.05) is 27.4 Å². The van der Waals surface area contributed by atoms with E-state index in [0.29, 0.717) is 36.6 Å². The van der Waals surface area contributed by atoms with E-state index in [9.17, 15) is 14.4 Å². The molecule has 12 nitrogen and oxygen atoms in total. The van der Waals surface area contributed by atoms with Crippen LogP contribution in [0.1, 0.15) is 58.3 Å². The van der Waals surface area contributed by atoms with Gasteiger partial charge in [0, 0.05) is 25.8 Å². The Labute approximate surface area is 337 Å². The van der Waals surface area contributed by atoms with Gasteiger partial charge in [-0.05, 0) is 57.5 Å². The molecule has 296 valence electrons. The standard InChI is InChI=1S/C46H46N6O6/c1-47-43(53)22-13-25-57-41-24-23-33(27-42(41)56-2)44(32-16-7-4-8-17-32)52-29-34(50-51-52)28-48-45(54)40(26-31-14-5-3-6-15-31)49-46(55)58-30-39-37-20-11-9-18-35(37)36-19-10-12-21-38(36)39/h3-12,14-21,23-24,27,29,39-40,44H,13,22,25-26,28,30H2,1-2H3,(H,47,53)(H,48,54)(H,49,55)/t40-,44?/m0/s1. The molecule has 0 saturated heterocycles. The molecule has 1 aliphatic carbocycles. The fraction of sp³-hybridized carbons (Fsp3) is 0.239. The Morgan fingerprint density at radius 1 is 0.793 bits per heavy atom. The second-order valence-electron chi connectivity index (χ2n) is 14.0. The molecule has 0 radical (unpaired) electrons. The van der Waals surface area contributed by atoms with Crippen molar-refractivity contribution in [1.29, 1.82) is 0 Å². The van der Waals surface area contributed by atoms with Gasteiger partial charge in [-0.25, -0.2) is 9.48 Å². The molecule has 3 N–H and O–H groups in total. The first-order valence-corrected chi connectivity index (χ1v) is 19.3. The zero-order valence-corrected chi connectivity index (χ0v) is 32.5. The van der Waals surface area contributed by atoms with Crippen molar-refractivity contribution in [2.45, 2.75) is 43.8 Å². The predicted molar refractivity (Wildman–Crippen MR) is 219 cm³/mol. The molecule has 6 aromatic rings. The van der Waals surface area contributed by atoms with Crippen LogP contribution >= 0.6 is 0 Å². The number of benzene rings is 5. The lowest BCUT2D eigenvalue weighted by molar-refractivity contribution is -0.123. The molecular weight excluding hydrogens is 733 g/mol. The SMILES string of the molecule is CNC(=O)CCCOc1ccc(C(c2ccccc2)n2cc(CNC(=O)[C@H](Cc3ccccc3)NC(=O)OCC3c4ccccc4-c4ccccc43)nn2)cc1OC. The van der Waals surface area contributed by atoms with Gasteiger partial charge < -0.3 is 30.2 Å². The number of methoxy groups -OCH3 is 1. The summed E-state index contributed by atoms with van der Waals surface area (Å²) >= 11 is 0. The van der Waals surface area contributed by atoms with Gasteiger partial charge in [0.1, 0.15) is 24.4 Å². The highest BCUT2D eigenvalue weighted by Crippen LogP contribution is 2.44. The van der Waals surface area contributed by atoms with Crippen LogP contribution in [-0.4, -0.2) is 66.3 Å². The molecule has 5 aromatic carbocycles. The number of hydrogen-bond acceptors (Lipinski definition) is 8. The highest BCUT2D eigenvalue weighted by atomic mass is 16.5. The van der Waals surface area contributed by atoms with Gasteiger partial charge in [-0.15, -0.1) is 5.10 Å². The summed E-state index contributed by atoms with van der Waals surface area (Å²) < 4.78 is 19.2. The van der Waals surface area contributed by atoms with Crippen molar-refractivity contribution in [1.82, 2.24) is 30.9 Å². The number of fused-ring (bicyclic) bond motifs is 3. The maximum absolute atomic E-state index is 13.8. The summed E-state index contributed by atoms with van der Waals surface area (Å²) in [6.45, 7) is 0.562. The van der Waals surface area contributed by atoms with E-state index in [1.807, 2.05) is 103 Å². The van der Waals surface area contributed by atoms with Crippen molar-refractivity contribution in [3.05, 3.63) is 167 Å². The van der Waals surface area contributed by atoms with Crippen LogP contribution in [0.15, 0.2) is 134 Å². The fourth-order valence-corrected chi connectivity index (χ4v) is 7.31. The smallest absolute Gasteiger partial charge is 0.407 e. The van der Waals surface area contributed by atoms with Gasteiger partial charge in [0.25, 0.3) is 0 Å². The Morgan fingerprint density at radius 3 is 2.16 bits per heavy atom. The van der Waals surface area contributed by atoms with Gasteiger partial charge in [-0.3, -0.25) is 9.59 Å². The first-order valence-electron chi connectivity index (χ1n) is 19.3. The lowest BCUT2D eigenvalue weighted by atomic mass is 9.98. The van der Waals surface area contributed by atoms with Crippen LogP contribution in [0.3, 0.4) is 0 Å². The Morgan fingerprint density at radius 2 is 1.47 bits per heavy atom. The summed E-state index contributed by atoms with van der Waals surface area (Å²) in [6, 6.07) is 40.1. The minimum Gasteiger partial charge on any atom is -0.493 e. The van der Waals surface area contributed by atoms with Gasteiger partial charge in [-0.1, -0.05) is 120 Å². The van der Waals surface area contributed by atoms with E-state index >= 15 is 0 Å². The summed E-state index contributed by atoms with van der Waals surface area (Å²) in [5, 5.41) is 17.3. The maximum Gasteiger partial charge on any atom is 0.407 e. The fourth-order valence-electron chi connectivity index (χ4n) is 7.31. The van der Waals surface area contributed by atoms with Crippen LogP contribution in [0.2, 0.25) is 0 Å². The quantitative estimate of drug-likeness (QED) is 0.0880. The van der Waals surface area contributed by atoms with Crippen molar-refractivity contribution < 1.29 is 28.6 Å². The van der Waals surface area contributed by atoms with Gasteiger partial charge in [0.2, 0.25) is 11.8 Å². The lowest BCUT2D eigenvalue weighted by Crippen LogP contribution is -2.48. The average Bonchev–Trinajstić information content (AvgIpc) is 3.86. The zero-order chi connectivity index (χ0) is 40.3. The van der Waals surface area contributed by atoms with Gasteiger partial charge in [0.15, 0.2) is 11.5 Å². The molecule has 0 bridgehead atoms. The Bertz CT molecular complexity index is 2290. The predicted octanol–water partition coefficient (Wildman–Crippen LogP) is 6.60. The zero-order valence-electron chi connectivity index (χ0n) is 32.5. The van der Waals surface area contributed by atoms with E-state index in [4.69, 9.17) is 14.2 Å². The van der Waals surface area contributed by atoms with Gasteiger partial charge in [-0.2, -0.15) is 0 Å². The van der Waals surface area contributed by atoms with Crippen LogP contribution in [-0.2, 0) is 27.3 Å². The number of ether oxygens (including phenoxy) is 3. The van der Waals surface area contributed by atoms with E-state index in [1.165, 1.54) is 0 Å². The molecule has 7 rings (SSSR count). The number of alkyl carbamates (subject to hydrolysis) is 1. The molecule has 0 fully saturated rings. The van der Waals surface area contributed by atoms with E-state index in [-0.39, 0.29) is 43.3 Å². The highest BCUT2D eigenvalue weighted by molar-refractivity contribution is 5.86. The van der Waals surface area contributed by atoms with Crippen LogP contribution in [0.5, 0.6) is 11.5 Å². The molecule has 0 saturated carbocycles. The third kappa shape index (κ3) is 9.35. The van der Waals surface area contributed by atoms with Crippen molar-refractivity contribution >= 4 is 17.9 Å². The third-order valence-corrected chi connectivity index (χ3v) is 10.2. The Kier molecular flexibility index (Phi) is 12.7. The topological polar surface area (TPSA) is 146 Å². The number of carbonyl (C=O) groups is 3. The molecule has 1 heterocycles. The number of aromatic nitrogens is 3. The van der Waals surface area contributed by atoms with Crippen molar-refractivity contribution in [3.8, 4) is 22.6 Å². The number of amides is 3. The van der Waals surface area contributed by atoms with Crippen LogP contribution < -0.4 is 25.4 Å². The number of hydrogen-bond donors (Lipinski definition) is 3. The lowest BCUT2D eigenvalue weighted by Gasteiger charge is -2.20. The molecule has 1 aliphatic rings. The van der Waals surface area contributed by atoms with E-state index in [1.54, 1.807) is 25.0 Å². The number of nitrogens with zero attached hydrogens (tertiary/aromatic N) is 3. The second-order valence-corrected chi connectivity index (χ2v) is 14.0. The third-order valence-electron chi connectivity index (χ3n) is 10.2. The summed E-state index contributed by atoms with van der Waals surface area (Å²) in [6.07, 6.45) is 2.30. The number of nitrogens with one attached hydrogen (secondary N) is 3. The average molecular weight is 779 g/mol. The second kappa shape index (κ2) is 18.8. The molecule has 2 atom stereocenters. The first kappa shape index (κ1) is 39.3. The first-order chi connectivity index (χ1) is 28.4. The number of rotatable bonds is 17. The molecule has 0 aliphatic heterocycles. The summed E-state index contributed by atoms with van der Waals surface area (Å²) in [7, 11) is 3.19.